The van der Waals surface area contributed by atoms with E-state index in [4.69, 9.17) is 0 Å². The molecule has 0 N–H and O–H groups in total. The lowest BCUT2D eigenvalue weighted by Gasteiger charge is -2.36. The van der Waals surface area contributed by atoms with Gasteiger partial charge in [-0.2, -0.15) is 0 Å². The Morgan fingerprint density at radius 3 is 2.67 bits per heavy atom. The predicted molar refractivity (Wildman–Crippen MR) is 116 cm³/mol. The third kappa shape index (κ3) is 3.39. The van der Waals surface area contributed by atoms with E-state index in [1.54, 1.807) is 28.4 Å². The van der Waals surface area contributed by atoms with E-state index in [2.05, 4.69) is 4.98 Å². The lowest BCUT2D eigenvalue weighted by Crippen LogP contribution is -2.50. The van der Waals surface area contributed by atoms with Crippen LogP contribution in [-0.2, 0) is 24.2 Å². The Bertz CT molecular complexity index is 1160. The van der Waals surface area contributed by atoms with Crippen molar-refractivity contribution in [2.24, 2.45) is 0 Å². The number of anilines is 1. The molecule has 2 aliphatic rings. The number of fused-ring (bicyclic) bond motifs is 3. The third-order valence-electron chi connectivity index (χ3n) is 6.07. The molecule has 1 aliphatic heterocycles. The van der Waals surface area contributed by atoms with E-state index in [0.29, 0.717) is 37.3 Å². The highest BCUT2D eigenvalue weighted by atomic mass is 32.1. The van der Waals surface area contributed by atoms with Crippen molar-refractivity contribution in [1.29, 1.82) is 0 Å². The second-order valence-corrected chi connectivity index (χ2v) is 8.97. The van der Waals surface area contributed by atoms with Crippen molar-refractivity contribution < 1.29 is 9.18 Å². The van der Waals surface area contributed by atoms with Gasteiger partial charge >= 0.3 is 0 Å². The van der Waals surface area contributed by atoms with Crippen molar-refractivity contribution in [3.8, 4) is 0 Å². The average Bonchev–Trinajstić information content (AvgIpc) is 3.15. The highest BCUT2D eigenvalue weighted by Gasteiger charge is 2.24. The second-order valence-electron chi connectivity index (χ2n) is 7.89. The summed E-state index contributed by atoms with van der Waals surface area (Å²) >= 11 is 1.61. The van der Waals surface area contributed by atoms with E-state index in [9.17, 15) is 14.0 Å². The number of piperazine rings is 1. The molecular weight excluding hydrogens is 403 g/mol. The van der Waals surface area contributed by atoms with Crippen LogP contribution in [0.25, 0.3) is 10.2 Å². The van der Waals surface area contributed by atoms with Gasteiger partial charge < -0.3 is 9.80 Å². The molecule has 156 valence electrons. The molecule has 1 aromatic carbocycles. The Hall–Kier alpha value is -2.74. The zero-order chi connectivity index (χ0) is 20.7. The monoisotopic (exact) mass is 426 g/mol. The molecule has 6 nitrogen and oxygen atoms in total. The van der Waals surface area contributed by atoms with Crippen LogP contribution in [0.2, 0.25) is 0 Å². The van der Waals surface area contributed by atoms with Gasteiger partial charge in [-0.25, -0.2) is 9.37 Å². The molecular formula is C22H23FN4O2S. The standard InChI is InChI=1S/C22H23FN4O2S/c23-16-6-2-3-7-17(16)25-9-11-26(12-10-25)19(28)13-27-14-24-21-20(22(27)29)15-5-1-4-8-18(15)30-21/h2-3,6-7,14H,1,4-5,8-13H2. The normalized spacial score (nSPS) is 16.7. The summed E-state index contributed by atoms with van der Waals surface area (Å²) in [5, 5.41) is 0.703. The molecule has 1 fully saturated rings. The minimum atomic E-state index is -0.248. The van der Waals surface area contributed by atoms with Crippen molar-refractivity contribution in [3.05, 3.63) is 57.2 Å². The first kappa shape index (κ1) is 19.2. The molecule has 1 amide bonds. The van der Waals surface area contributed by atoms with Gasteiger partial charge in [-0.3, -0.25) is 14.2 Å². The van der Waals surface area contributed by atoms with Crippen molar-refractivity contribution in [2.45, 2.75) is 32.2 Å². The summed E-state index contributed by atoms with van der Waals surface area (Å²) in [6, 6.07) is 6.70. The lowest BCUT2D eigenvalue weighted by atomic mass is 9.97. The minimum absolute atomic E-state index is 0.00785. The van der Waals surface area contributed by atoms with Gasteiger partial charge in [-0.05, 0) is 43.4 Å². The fourth-order valence-electron chi connectivity index (χ4n) is 4.44. The Labute approximate surface area is 177 Å². The molecule has 5 rings (SSSR count). The summed E-state index contributed by atoms with van der Waals surface area (Å²) in [7, 11) is 0. The SMILES string of the molecule is O=C(Cn1cnc2sc3c(c2c1=O)CCCC3)N1CCN(c2ccccc2F)CC1. The number of amides is 1. The van der Waals surface area contributed by atoms with E-state index < -0.39 is 0 Å². The summed E-state index contributed by atoms with van der Waals surface area (Å²) in [5.74, 6) is -0.349. The first-order chi connectivity index (χ1) is 14.6. The number of rotatable bonds is 3. The number of nitrogens with zero attached hydrogens (tertiary/aromatic N) is 4. The van der Waals surface area contributed by atoms with Crippen LogP contribution in [0.1, 0.15) is 23.3 Å². The Morgan fingerprint density at radius 2 is 1.87 bits per heavy atom. The predicted octanol–water partition coefficient (Wildman–Crippen LogP) is 2.82. The number of para-hydroxylation sites is 1. The van der Waals surface area contributed by atoms with Crippen LogP contribution in [-0.4, -0.2) is 46.5 Å². The zero-order valence-corrected chi connectivity index (χ0v) is 17.5. The molecule has 8 heteroatoms. The highest BCUT2D eigenvalue weighted by molar-refractivity contribution is 7.18. The van der Waals surface area contributed by atoms with Crippen LogP contribution in [0.4, 0.5) is 10.1 Å². The van der Waals surface area contributed by atoms with Crippen molar-refractivity contribution >= 4 is 33.1 Å². The molecule has 0 atom stereocenters. The number of hydrogen-bond acceptors (Lipinski definition) is 5. The molecule has 1 aliphatic carbocycles. The van der Waals surface area contributed by atoms with Crippen LogP contribution in [0, 0.1) is 5.82 Å². The topological polar surface area (TPSA) is 58.4 Å². The zero-order valence-electron chi connectivity index (χ0n) is 16.6. The Balaban J connectivity index is 1.30. The van der Waals surface area contributed by atoms with Crippen LogP contribution < -0.4 is 10.5 Å². The smallest absolute Gasteiger partial charge is 0.262 e. The Kier molecular flexibility index (Phi) is 5.02. The van der Waals surface area contributed by atoms with E-state index in [-0.39, 0.29) is 23.8 Å². The van der Waals surface area contributed by atoms with Crippen LogP contribution in [0.15, 0.2) is 35.4 Å². The quantitative estimate of drug-likeness (QED) is 0.646. The number of benzene rings is 1. The summed E-state index contributed by atoms with van der Waals surface area (Å²) in [6.45, 7) is 2.14. The maximum absolute atomic E-state index is 14.0. The molecule has 0 unspecified atom stereocenters. The first-order valence-corrected chi connectivity index (χ1v) is 11.2. The fourth-order valence-corrected chi connectivity index (χ4v) is 5.66. The van der Waals surface area contributed by atoms with Gasteiger partial charge in [-0.1, -0.05) is 12.1 Å². The summed E-state index contributed by atoms with van der Waals surface area (Å²) in [6.07, 6.45) is 5.69. The molecule has 0 bridgehead atoms. The van der Waals surface area contributed by atoms with E-state index in [1.807, 2.05) is 11.0 Å². The largest absolute Gasteiger partial charge is 0.366 e. The van der Waals surface area contributed by atoms with Crippen LogP contribution >= 0.6 is 11.3 Å². The van der Waals surface area contributed by atoms with E-state index in [1.165, 1.54) is 21.8 Å². The van der Waals surface area contributed by atoms with Crippen LogP contribution in [0.3, 0.4) is 0 Å². The number of carbonyl (C=O) groups is 1. The average molecular weight is 427 g/mol. The summed E-state index contributed by atoms with van der Waals surface area (Å²) in [5.41, 5.74) is 1.59. The number of aryl methyl sites for hydroxylation is 2. The van der Waals surface area contributed by atoms with Gasteiger partial charge in [0.25, 0.3) is 5.56 Å². The Morgan fingerprint density at radius 1 is 1.10 bits per heavy atom. The molecule has 3 aromatic rings. The number of carbonyl (C=O) groups excluding carboxylic acids is 1. The second kappa shape index (κ2) is 7.83. The number of thiophene rings is 1. The van der Waals surface area contributed by atoms with Gasteiger partial charge in [-0.15, -0.1) is 11.3 Å². The van der Waals surface area contributed by atoms with Gasteiger partial charge in [0.05, 0.1) is 17.4 Å². The summed E-state index contributed by atoms with van der Waals surface area (Å²) in [4.78, 5) is 36.1. The number of hydrogen-bond donors (Lipinski definition) is 0. The van der Waals surface area contributed by atoms with E-state index >= 15 is 0 Å². The molecule has 30 heavy (non-hydrogen) atoms. The molecule has 2 aromatic heterocycles. The maximum Gasteiger partial charge on any atom is 0.262 e. The van der Waals surface area contributed by atoms with Gasteiger partial charge in [0.2, 0.25) is 5.91 Å². The van der Waals surface area contributed by atoms with E-state index in [0.717, 1.165) is 36.1 Å². The summed E-state index contributed by atoms with van der Waals surface area (Å²) < 4.78 is 15.5. The molecule has 0 radical (unpaired) electrons. The van der Waals surface area contributed by atoms with Gasteiger partial charge in [0, 0.05) is 31.1 Å². The van der Waals surface area contributed by atoms with Crippen LogP contribution in [0.5, 0.6) is 0 Å². The van der Waals surface area contributed by atoms with Gasteiger partial charge in [0.15, 0.2) is 0 Å². The highest BCUT2D eigenvalue weighted by Crippen LogP contribution is 2.33. The van der Waals surface area contributed by atoms with Crippen molar-refractivity contribution in [3.63, 3.8) is 0 Å². The van der Waals surface area contributed by atoms with Crippen molar-refractivity contribution in [1.82, 2.24) is 14.5 Å². The minimum Gasteiger partial charge on any atom is -0.366 e. The molecule has 1 saturated heterocycles. The number of halogens is 1. The first-order valence-electron chi connectivity index (χ1n) is 10.4. The lowest BCUT2D eigenvalue weighted by molar-refractivity contribution is -0.132. The molecule has 0 saturated carbocycles. The third-order valence-corrected chi connectivity index (χ3v) is 7.27. The molecule has 3 heterocycles. The fraction of sp³-hybridized carbons (Fsp3) is 0.409. The number of aromatic nitrogens is 2. The van der Waals surface area contributed by atoms with Gasteiger partial charge in [0.1, 0.15) is 17.2 Å². The molecule has 0 spiro atoms. The van der Waals surface area contributed by atoms with Crippen molar-refractivity contribution in [2.75, 3.05) is 31.1 Å². The maximum atomic E-state index is 14.0.